The highest BCUT2D eigenvalue weighted by Gasteiger charge is 2.35. The molecule has 126 valence electrons. The van der Waals surface area contributed by atoms with Gasteiger partial charge in [-0.2, -0.15) is 8.75 Å². The Hall–Kier alpha value is -2.23. The van der Waals surface area contributed by atoms with Gasteiger partial charge in [-0.3, -0.25) is 4.79 Å². The van der Waals surface area contributed by atoms with Gasteiger partial charge in [-0.05, 0) is 12.1 Å². The van der Waals surface area contributed by atoms with Crippen LogP contribution in [0.2, 0.25) is 5.02 Å². The molecule has 3 rings (SSSR count). The number of esters is 1. The Morgan fingerprint density at radius 2 is 2.29 bits per heavy atom. The summed E-state index contributed by atoms with van der Waals surface area (Å²) in [4.78, 5) is 25.9. The van der Waals surface area contributed by atoms with E-state index in [2.05, 4.69) is 14.1 Å². The van der Waals surface area contributed by atoms with Gasteiger partial charge >= 0.3 is 5.97 Å². The van der Waals surface area contributed by atoms with Gasteiger partial charge in [0.05, 0.1) is 48.3 Å². The number of β-amino-alcohol motifs (C(OH)–C–C–N with tert-alkyl or cyclic N) is 1. The zero-order valence-electron chi connectivity index (χ0n) is 12.6. The quantitative estimate of drug-likeness (QED) is 0.759. The molecule has 1 aliphatic heterocycles. The number of nitrogens with one attached hydrogen (secondary N) is 1. The summed E-state index contributed by atoms with van der Waals surface area (Å²) in [7, 11) is 1.24. The second-order valence-electron chi connectivity index (χ2n) is 4.97. The molecule has 24 heavy (non-hydrogen) atoms. The predicted octanol–water partition coefficient (Wildman–Crippen LogP) is 1.02. The van der Waals surface area contributed by atoms with Crippen LogP contribution in [-0.2, 0) is 14.3 Å². The topological polar surface area (TPSA) is 105 Å². The maximum atomic E-state index is 12.5. The van der Waals surface area contributed by atoms with Crippen LogP contribution in [0.15, 0.2) is 23.4 Å². The molecule has 0 unspecified atom stereocenters. The molecule has 1 amide bonds. The van der Waals surface area contributed by atoms with Crippen molar-refractivity contribution in [2.45, 2.75) is 0 Å². The smallest absolute Gasteiger partial charge is 0.337 e. The van der Waals surface area contributed by atoms with Crippen molar-refractivity contribution in [2.24, 2.45) is 0 Å². The summed E-state index contributed by atoms with van der Waals surface area (Å²) in [6, 6.07) is 3.35. The first-order valence-electron chi connectivity index (χ1n) is 6.96. The van der Waals surface area contributed by atoms with E-state index in [1.807, 2.05) is 0 Å². The Balaban J connectivity index is 2.04. The molecule has 2 heterocycles. The molecule has 1 aromatic heterocycles. The molecular weight excluding hydrogens is 356 g/mol. The van der Waals surface area contributed by atoms with Crippen LogP contribution < -0.4 is 5.32 Å². The summed E-state index contributed by atoms with van der Waals surface area (Å²) in [5, 5.41) is 12.3. The van der Waals surface area contributed by atoms with Gasteiger partial charge in [-0.1, -0.05) is 11.6 Å². The Labute approximate surface area is 146 Å². The number of rotatable bonds is 5. The van der Waals surface area contributed by atoms with Crippen molar-refractivity contribution < 1.29 is 19.4 Å². The average Bonchev–Trinajstić information content (AvgIpc) is 3.16. The highest BCUT2D eigenvalue weighted by atomic mass is 35.5. The third-order valence-corrected chi connectivity index (χ3v) is 4.44. The molecule has 0 aliphatic carbocycles. The molecule has 1 aromatic carbocycles. The summed E-state index contributed by atoms with van der Waals surface area (Å²) < 4.78 is 13.0. The molecule has 0 fully saturated rings. The molecule has 10 heteroatoms. The fourth-order valence-electron chi connectivity index (χ4n) is 2.42. The number of methoxy groups -OCH3 is 1. The van der Waals surface area contributed by atoms with Crippen molar-refractivity contribution in [1.29, 1.82) is 0 Å². The zero-order chi connectivity index (χ0) is 17.3. The lowest BCUT2D eigenvalue weighted by molar-refractivity contribution is -0.136. The number of aromatic nitrogens is 2. The standard InChI is InChI=1S/C14H13ClN4O4S/c1-23-14(22)7-6-19(4-5-20)13(21)10(7)16-11-8(15)2-3-9-12(11)18-24-17-9/h2-3,16,20H,4-6H2,1H3. The number of ether oxygens (including phenoxy) is 1. The van der Waals surface area contributed by atoms with E-state index >= 15 is 0 Å². The van der Waals surface area contributed by atoms with E-state index in [0.717, 1.165) is 11.7 Å². The van der Waals surface area contributed by atoms with Gasteiger partial charge < -0.3 is 20.1 Å². The van der Waals surface area contributed by atoms with Crippen LogP contribution in [0.1, 0.15) is 0 Å². The number of aliphatic hydroxyl groups is 1. The van der Waals surface area contributed by atoms with E-state index in [-0.39, 0.29) is 31.0 Å². The molecule has 0 spiro atoms. The SMILES string of the molecule is COC(=O)C1=C(Nc2c(Cl)ccc3nsnc23)C(=O)N(CCO)C1. The van der Waals surface area contributed by atoms with E-state index in [0.29, 0.717) is 21.7 Å². The van der Waals surface area contributed by atoms with Crippen LogP contribution in [0.4, 0.5) is 5.69 Å². The highest BCUT2D eigenvalue weighted by Crippen LogP contribution is 2.33. The number of halogens is 1. The maximum Gasteiger partial charge on any atom is 0.337 e. The normalized spacial score (nSPS) is 14.6. The van der Waals surface area contributed by atoms with E-state index in [1.54, 1.807) is 12.1 Å². The van der Waals surface area contributed by atoms with E-state index in [1.165, 1.54) is 12.0 Å². The van der Waals surface area contributed by atoms with Gasteiger partial charge in [0.2, 0.25) is 0 Å². The number of aliphatic hydroxyl groups excluding tert-OH is 1. The van der Waals surface area contributed by atoms with Crippen LogP contribution in [0.3, 0.4) is 0 Å². The number of nitrogens with zero attached hydrogens (tertiary/aromatic N) is 3. The first kappa shape index (κ1) is 16.6. The number of carbonyl (C=O) groups is 2. The third kappa shape index (κ3) is 2.81. The Bertz CT molecular complexity index is 850. The molecular formula is C14H13ClN4O4S. The molecule has 8 nitrogen and oxygen atoms in total. The molecule has 0 atom stereocenters. The second kappa shape index (κ2) is 6.71. The number of benzene rings is 1. The zero-order valence-corrected chi connectivity index (χ0v) is 14.1. The Kier molecular flexibility index (Phi) is 4.65. The summed E-state index contributed by atoms with van der Waals surface area (Å²) in [5.41, 5.74) is 1.78. The summed E-state index contributed by atoms with van der Waals surface area (Å²) in [6.45, 7) is -0.0438. The number of hydrogen-bond donors (Lipinski definition) is 2. The third-order valence-electron chi connectivity index (χ3n) is 3.58. The van der Waals surface area contributed by atoms with Gasteiger partial charge in [-0.25, -0.2) is 4.79 Å². The Morgan fingerprint density at radius 1 is 1.50 bits per heavy atom. The van der Waals surface area contributed by atoms with Crippen molar-refractivity contribution in [3.05, 3.63) is 28.4 Å². The van der Waals surface area contributed by atoms with Gasteiger partial charge in [0, 0.05) is 6.54 Å². The first-order chi connectivity index (χ1) is 11.6. The highest BCUT2D eigenvalue weighted by molar-refractivity contribution is 7.00. The van der Waals surface area contributed by atoms with Gasteiger partial charge in [0.1, 0.15) is 16.7 Å². The first-order valence-corrected chi connectivity index (χ1v) is 8.07. The fraction of sp³-hybridized carbons (Fsp3) is 0.286. The maximum absolute atomic E-state index is 12.5. The largest absolute Gasteiger partial charge is 0.466 e. The van der Waals surface area contributed by atoms with Gasteiger partial charge in [0.25, 0.3) is 5.91 Å². The average molecular weight is 369 g/mol. The monoisotopic (exact) mass is 368 g/mol. The summed E-state index contributed by atoms with van der Waals surface area (Å²) >= 11 is 7.24. The minimum absolute atomic E-state index is 0.0529. The van der Waals surface area contributed by atoms with Crippen LogP contribution in [0, 0.1) is 0 Å². The fourth-order valence-corrected chi connectivity index (χ4v) is 3.16. The lowest BCUT2D eigenvalue weighted by Gasteiger charge is -2.15. The number of anilines is 1. The van der Waals surface area contributed by atoms with Crippen molar-refractivity contribution in [2.75, 3.05) is 32.1 Å². The van der Waals surface area contributed by atoms with Crippen molar-refractivity contribution in [3.63, 3.8) is 0 Å². The summed E-state index contributed by atoms with van der Waals surface area (Å²) in [6.07, 6.45) is 0. The van der Waals surface area contributed by atoms with Crippen molar-refractivity contribution in [1.82, 2.24) is 13.6 Å². The molecule has 0 bridgehead atoms. The number of carbonyl (C=O) groups excluding carboxylic acids is 2. The minimum atomic E-state index is -0.619. The minimum Gasteiger partial charge on any atom is -0.466 e. The second-order valence-corrected chi connectivity index (χ2v) is 5.91. The molecule has 0 saturated heterocycles. The Morgan fingerprint density at radius 3 is 3.00 bits per heavy atom. The van der Waals surface area contributed by atoms with Crippen LogP contribution in [-0.4, -0.2) is 57.4 Å². The van der Waals surface area contributed by atoms with E-state index < -0.39 is 11.9 Å². The van der Waals surface area contributed by atoms with Gasteiger partial charge in [0.15, 0.2) is 0 Å². The lowest BCUT2D eigenvalue weighted by Crippen LogP contribution is -2.31. The molecule has 2 N–H and O–H groups in total. The van der Waals surface area contributed by atoms with Crippen LogP contribution >= 0.6 is 23.3 Å². The lowest BCUT2D eigenvalue weighted by atomic mass is 10.2. The summed E-state index contributed by atoms with van der Waals surface area (Å²) in [5.74, 6) is -1.04. The predicted molar refractivity (Wildman–Crippen MR) is 88.8 cm³/mol. The van der Waals surface area contributed by atoms with Gasteiger partial charge in [-0.15, -0.1) is 0 Å². The number of fused-ring (bicyclic) bond motifs is 1. The van der Waals surface area contributed by atoms with Crippen molar-refractivity contribution in [3.8, 4) is 0 Å². The van der Waals surface area contributed by atoms with E-state index in [4.69, 9.17) is 21.4 Å². The van der Waals surface area contributed by atoms with E-state index in [9.17, 15) is 9.59 Å². The molecule has 0 saturated carbocycles. The van der Waals surface area contributed by atoms with Crippen LogP contribution in [0.5, 0.6) is 0 Å². The molecule has 0 radical (unpaired) electrons. The number of amides is 1. The number of hydrogen-bond acceptors (Lipinski definition) is 8. The molecule has 1 aliphatic rings. The van der Waals surface area contributed by atoms with Crippen LogP contribution in [0.25, 0.3) is 11.0 Å². The van der Waals surface area contributed by atoms with Crippen molar-refractivity contribution >= 4 is 51.9 Å². The molecule has 2 aromatic rings.